The molecule has 90 valence electrons. The van der Waals surface area contributed by atoms with Crippen molar-refractivity contribution in [3.63, 3.8) is 0 Å². The van der Waals surface area contributed by atoms with Crippen LogP contribution in [0.25, 0.3) is 0 Å². The van der Waals surface area contributed by atoms with E-state index < -0.39 is 10.0 Å². The normalized spacial score (nSPS) is 26.8. The van der Waals surface area contributed by atoms with Crippen LogP contribution < -0.4 is 10.5 Å². The van der Waals surface area contributed by atoms with Crippen molar-refractivity contribution in [1.29, 1.82) is 0 Å². The minimum absolute atomic E-state index is 0.0882. The van der Waals surface area contributed by atoms with Gasteiger partial charge in [-0.2, -0.15) is 5.10 Å². The van der Waals surface area contributed by atoms with Gasteiger partial charge >= 0.3 is 0 Å². The molecule has 0 saturated heterocycles. The summed E-state index contributed by atoms with van der Waals surface area (Å²) in [6.45, 7) is 0. The summed E-state index contributed by atoms with van der Waals surface area (Å²) < 4.78 is 26.4. The molecule has 1 saturated carbocycles. The van der Waals surface area contributed by atoms with Crippen LogP contribution in [-0.2, 0) is 10.0 Å². The maximum atomic E-state index is 11.9. The maximum absolute atomic E-state index is 11.9. The van der Waals surface area contributed by atoms with Gasteiger partial charge in [-0.1, -0.05) is 12.8 Å². The quantitative estimate of drug-likeness (QED) is 0.694. The van der Waals surface area contributed by atoms with Crippen LogP contribution in [0.5, 0.6) is 0 Å². The molecule has 0 bridgehead atoms. The second-order valence-electron chi connectivity index (χ2n) is 4.10. The topological polar surface area (TPSA) is 101 Å². The largest absolute Gasteiger partial charge is 0.326 e. The van der Waals surface area contributed by atoms with Crippen molar-refractivity contribution in [1.82, 2.24) is 14.9 Å². The van der Waals surface area contributed by atoms with Gasteiger partial charge in [0.05, 0.1) is 6.20 Å². The van der Waals surface area contributed by atoms with Crippen molar-refractivity contribution >= 4 is 10.0 Å². The number of nitrogens with two attached hydrogens (primary N) is 1. The van der Waals surface area contributed by atoms with Crippen molar-refractivity contribution in [3.8, 4) is 0 Å². The Hall–Kier alpha value is -0.920. The summed E-state index contributed by atoms with van der Waals surface area (Å²) in [5, 5.41) is 6.15. The molecule has 0 aliphatic heterocycles. The van der Waals surface area contributed by atoms with E-state index in [1.54, 1.807) is 0 Å². The minimum Gasteiger partial charge on any atom is -0.326 e. The molecule has 1 aliphatic carbocycles. The summed E-state index contributed by atoms with van der Waals surface area (Å²) in [7, 11) is -3.50. The van der Waals surface area contributed by atoms with Crippen molar-refractivity contribution in [2.45, 2.75) is 42.8 Å². The SMILES string of the molecule is N[C@@H]1CCCC[C@H]1NS(=O)(=O)c1ccn[nH]1. The Kier molecular flexibility index (Phi) is 3.27. The highest BCUT2D eigenvalue weighted by atomic mass is 32.2. The predicted octanol–water partition coefficient (Wildman–Crippen LogP) is -0.0421. The van der Waals surface area contributed by atoms with E-state index in [-0.39, 0.29) is 17.1 Å². The van der Waals surface area contributed by atoms with Gasteiger partial charge in [0.2, 0.25) is 0 Å². The molecule has 1 aromatic heterocycles. The van der Waals surface area contributed by atoms with Crippen molar-refractivity contribution in [2.75, 3.05) is 0 Å². The second-order valence-corrected chi connectivity index (χ2v) is 5.78. The summed E-state index contributed by atoms with van der Waals surface area (Å²) in [5.41, 5.74) is 5.89. The van der Waals surface area contributed by atoms with Crippen LogP contribution in [0, 0.1) is 0 Å². The summed E-state index contributed by atoms with van der Waals surface area (Å²) in [5.74, 6) is 0. The zero-order valence-corrected chi connectivity index (χ0v) is 9.70. The number of hydrogen-bond donors (Lipinski definition) is 3. The van der Waals surface area contributed by atoms with E-state index >= 15 is 0 Å². The highest BCUT2D eigenvalue weighted by Crippen LogP contribution is 2.18. The van der Waals surface area contributed by atoms with Crippen LogP contribution in [0.2, 0.25) is 0 Å². The van der Waals surface area contributed by atoms with E-state index in [1.807, 2.05) is 0 Å². The molecular formula is C9H16N4O2S. The molecule has 1 fully saturated rings. The fraction of sp³-hybridized carbons (Fsp3) is 0.667. The van der Waals surface area contributed by atoms with Crippen LogP contribution in [-0.4, -0.2) is 30.7 Å². The van der Waals surface area contributed by atoms with E-state index in [0.29, 0.717) is 0 Å². The fourth-order valence-corrected chi connectivity index (χ4v) is 3.19. The highest BCUT2D eigenvalue weighted by Gasteiger charge is 2.27. The Labute approximate surface area is 94.7 Å². The van der Waals surface area contributed by atoms with Gasteiger partial charge in [0.15, 0.2) is 5.03 Å². The first-order chi connectivity index (χ1) is 7.59. The Balaban J connectivity index is 2.09. The van der Waals surface area contributed by atoms with Gasteiger partial charge in [0, 0.05) is 12.1 Å². The molecule has 6 nitrogen and oxygen atoms in total. The third-order valence-electron chi connectivity index (χ3n) is 2.89. The molecule has 0 amide bonds. The number of sulfonamides is 1. The number of nitrogens with zero attached hydrogens (tertiary/aromatic N) is 1. The standard InChI is InChI=1S/C9H16N4O2S/c10-7-3-1-2-4-8(7)13-16(14,15)9-5-6-11-12-9/h5-8,13H,1-4,10H2,(H,11,12)/t7-,8-/m1/s1. The molecule has 1 aliphatic rings. The van der Waals surface area contributed by atoms with Gasteiger partial charge in [0.25, 0.3) is 10.0 Å². The summed E-state index contributed by atoms with van der Waals surface area (Å²) in [6, 6.07) is 1.17. The first-order valence-electron chi connectivity index (χ1n) is 5.37. The molecule has 2 rings (SSSR count). The van der Waals surface area contributed by atoms with Gasteiger partial charge in [0.1, 0.15) is 0 Å². The molecule has 1 aromatic rings. The summed E-state index contributed by atoms with van der Waals surface area (Å²) in [4.78, 5) is 0. The second kappa shape index (κ2) is 4.52. The van der Waals surface area contributed by atoms with E-state index in [9.17, 15) is 8.42 Å². The molecular weight excluding hydrogens is 228 g/mol. The molecule has 2 atom stereocenters. The number of aromatic nitrogens is 2. The number of rotatable bonds is 3. The lowest BCUT2D eigenvalue weighted by Crippen LogP contribution is -2.49. The van der Waals surface area contributed by atoms with E-state index in [1.165, 1.54) is 12.3 Å². The molecule has 7 heteroatoms. The molecule has 0 unspecified atom stereocenters. The Bertz CT molecular complexity index is 428. The molecule has 0 spiro atoms. The lowest BCUT2D eigenvalue weighted by molar-refractivity contribution is 0.361. The number of aromatic amines is 1. The highest BCUT2D eigenvalue weighted by molar-refractivity contribution is 7.89. The van der Waals surface area contributed by atoms with Gasteiger partial charge in [-0.15, -0.1) is 0 Å². The smallest absolute Gasteiger partial charge is 0.257 e. The Morgan fingerprint density at radius 3 is 2.81 bits per heavy atom. The van der Waals surface area contributed by atoms with E-state index in [4.69, 9.17) is 5.73 Å². The Morgan fingerprint density at radius 2 is 2.19 bits per heavy atom. The fourth-order valence-electron chi connectivity index (χ4n) is 1.96. The van der Waals surface area contributed by atoms with Crippen molar-refractivity contribution in [2.24, 2.45) is 5.73 Å². The van der Waals surface area contributed by atoms with E-state index in [0.717, 1.165) is 25.7 Å². The third kappa shape index (κ3) is 2.42. The van der Waals surface area contributed by atoms with Gasteiger partial charge in [-0.05, 0) is 18.9 Å². The van der Waals surface area contributed by atoms with Gasteiger partial charge < -0.3 is 5.73 Å². The van der Waals surface area contributed by atoms with E-state index in [2.05, 4.69) is 14.9 Å². The molecule has 0 aromatic carbocycles. The van der Waals surface area contributed by atoms with Crippen LogP contribution >= 0.6 is 0 Å². The summed E-state index contributed by atoms with van der Waals surface area (Å²) in [6.07, 6.45) is 5.17. The lowest BCUT2D eigenvalue weighted by atomic mass is 9.92. The van der Waals surface area contributed by atoms with Crippen molar-refractivity contribution in [3.05, 3.63) is 12.3 Å². The Morgan fingerprint density at radius 1 is 1.44 bits per heavy atom. The number of nitrogens with one attached hydrogen (secondary N) is 2. The zero-order chi connectivity index (χ0) is 11.6. The average Bonchev–Trinajstić information content (AvgIpc) is 2.75. The third-order valence-corrected chi connectivity index (χ3v) is 4.31. The van der Waals surface area contributed by atoms with Crippen LogP contribution in [0.4, 0.5) is 0 Å². The van der Waals surface area contributed by atoms with Crippen LogP contribution in [0.3, 0.4) is 0 Å². The molecule has 4 N–H and O–H groups in total. The van der Waals surface area contributed by atoms with Crippen LogP contribution in [0.15, 0.2) is 17.3 Å². The van der Waals surface area contributed by atoms with Crippen LogP contribution in [0.1, 0.15) is 25.7 Å². The van der Waals surface area contributed by atoms with Gasteiger partial charge in [-0.3, -0.25) is 5.10 Å². The molecule has 16 heavy (non-hydrogen) atoms. The molecule has 1 heterocycles. The maximum Gasteiger partial charge on any atom is 0.257 e. The van der Waals surface area contributed by atoms with Gasteiger partial charge in [-0.25, -0.2) is 13.1 Å². The first-order valence-corrected chi connectivity index (χ1v) is 6.85. The number of hydrogen-bond acceptors (Lipinski definition) is 4. The zero-order valence-electron chi connectivity index (χ0n) is 8.89. The average molecular weight is 244 g/mol. The predicted molar refractivity (Wildman–Crippen MR) is 59.1 cm³/mol. The summed E-state index contributed by atoms with van der Waals surface area (Å²) >= 11 is 0. The number of H-pyrrole nitrogens is 1. The monoisotopic (exact) mass is 244 g/mol. The minimum atomic E-state index is -3.50. The lowest BCUT2D eigenvalue weighted by Gasteiger charge is -2.28. The van der Waals surface area contributed by atoms with Crippen molar-refractivity contribution < 1.29 is 8.42 Å². The molecule has 0 radical (unpaired) electrons. The first kappa shape index (κ1) is 11.6.